The van der Waals surface area contributed by atoms with E-state index in [1.807, 2.05) is 4.90 Å². The van der Waals surface area contributed by atoms with Gasteiger partial charge in [-0.1, -0.05) is 30.3 Å². The Morgan fingerprint density at radius 1 is 1.24 bits per heavy atom. The molecule has 2 aliphatic rings. The van der Waals surface area contributed by atoms with Crippen LogP contribution in [0.3, 0.4) is 0 Å². The Balaban J connectivity index is 1.93. The highest BCUT2D eigenvalue weighted by molar-refractivity contribution is 5.28. The number of nitriles is 1. The highest BCUT2D eigenvalue weighted by Crippen LogP contribution is 2.47. The van der Waals surface area contributed by atoms with Gasteiger partial charge in [0.05, 0.1) is 0 Å². The summed E-state index contributed by atoms with van der Waals surface area (Å²) in [4.78, 5) is 2.01. The van der Waals surface area contributed by atoms with Gasteiger partial charge in [-0.25, -0.2) is 0 Å². The van der Waals surface area contributed by atoms with Crippen molar-refractivity contribution >= 4 is 0 Å². The number of likely N-dealkylation sites (tertiary alicyclic amines) is 1. The van der Waals surface area contributed by atoms with Crippen LogP contribution in [0.4, 0.5) is 0 Å². The summed E-state index contributed by atoms with van der Waals surface area (Å²) in [7, 11) is 0. The second-order valence-electron chi connectivity index (χ2n) is 5.44. The van der Waals surface area contributed by atoms with E-state index in [0.717, 1.165) is 13.0 Å². The Bertz CT molecular complexity index is 434. The van der Waals surface area contributed by atoms with Gasteiger partial charge in [-0.2, -0.15) is 5.26 Å². The van der Waals surface area contributed by atoms with Crippen molar-refractivity contribution in [2.45, 2.75) is 43.6 Å². The summed E-state index contributed by atoms with van der Waals surface area (Å²) < 4.78 is 0. The molecule has 2 bridgehead atoms. The van der Waals surface area contributed by atoms with Crippen LogP contribution < -0.4 is 0 Å². The molecule has 0 unspecified atom stereocenters. The quantitative estimate of drug-likeness (QED) is 0.688. The van der Waals surface area contributed by atoms with Gasteiger partial charge in [-0.15, -0.1) is 0 Å². The number of fused-ring (bicyclic) bond motifs is 2. The smallest absolute Gasteiger partial charge is 0.179 e. The average molecular weight is 226 g/mol. The highest BCUT2D eigenvalue weighted by Gasteiger charge is 2.43. The first-order valence-electron chi connectivity index (χ1n) is 6.56. The first-order valence-corrected chi connectivity index (χ1v) is 6.56. The lowest BCUT2D eigenvalue weighted by molar-refractivity contribution is 0.300. The molecule has 1 aliphatic heterocycles. The molecule has 0 spiro atoms. The predicted molar refractivity (Wildman–Crippen MR) is 67.3 cm³/mol. The van der Waals surface area contributed by atoms with Crippen molar-refractivity contribution in [1.29, 1.82) is 5.26 Å². The molecule has 0 amide bonds. The van der Waals surface area contributed by atoms with Crippen molar-refractivity contribution < 1.29 is 0 Å². The molecule has 2 atom stereocenters. The molecular weight excluding hydrogens is 208 g/mol. The molecule has 1 saturated heterocycles. The van der Waals surface area contributed by atoms with Gasteiger partial charge < -0.3 is 4.90 Å². The van der Waals surface area contributed by atoms with Gasteiger partial charge in [0.1, 0.15) is 0 Å². The average Bonchev–Trinajstić information content (AvgIpc) is 2.70. The van der Waals surface area contributed by atoms with Crippen LogP contribution >= 0.6 is 0 Å². The minimum absolute atomic E-state index is 0.359. The van der Waals surface area contributed by atoms with E-state index in [0.29, 0.717) is 11.5 Å². The second kappa shape index (κ2) is 4.07. The molecule has 2 fully saturated rings. The molecule has 1 aromatic carbocycles. The predicted octanol–water partition coefficient (Wildman–Crippen LogP) is 3.05. The van der Waals surface area contributed by atoms with Crippen LogP contribution in [0.25, 0.3) is 0 Å². The second-order valence-corrected chi connectivity index (χ2v) is 5.44. The Hall–Kier alpha value is -1.49. The van der Waals surface area contributed by atoms with Gasteiger partial charge in [0.2, 0.25) is 0 Å². The molecule has 1 aliphatic carbocycles. The van der Waals surface area contributed by atoms with E-state index < -0.39 is 0 Å². The number of benzene rings is 1. The van der Waals surface area contributed by atoms with Crippen molar-refractivity contribution in [2.75, 3.05) is 6.54 Å². The summed E-state index contributed by atoms with van der Waals surface area (Å²) in [5.74, 6) is 0. The minimum atomic E-state index is 0.359. The number of nitrogens with zero attached hydrogens (tertiary/aromatic N) is 2. The third kappa shape index (κ3) is 1.70. The largest absolute Gasteiger partial charge is 0.308 e. The van der Waals surface area contributed by atoms with Crippen molar-refractivity contribution in [1.82, 2.24) is 4.90 Å². The maximum Gasteiger partial charge on any atom is 0.179 e. The van der Waals surface area contributed by atoms with Crippen molar-refractivity contribution in [2.24, 2.45) is 0 Å². The standard InChI is InChI=1S/C15H18N2/c16-12-17-10-4-8-15(9-7-14(17)11-15)13-5-2-1-3-6-13/h1-3,5-6,14H,4,7-11H2/t14-,15+/m0/s1. The monoisotopic (exact) mass is 226 g/mol. The first kappa shape index (κ1) is 10.7. The zero-order valence-corrected chi connectivity index (χ0v) is 10.1. The molecule has 0 radical (unpaired) electrons. The lowest BCUT2D eigenvalue weighted by Crippen LogP contribution is -2.28. The number of hydrogen-bond acceptors (Lipinski definition) is 2. The first-order chi connectivity index (χ1) is 8.34. The van der Waals surface area contributed by atoms with Gasteiger partial charge in [0.15, 0.2) is 6.19 Å². The topological polar surface area (TPSA) is 27.0 Å². The van der Waals surface area contributed by atoms with Gasteiger partial charge in [-0.3, -0.25) is 0 Å². The molecule has 2 heteroatoms. The number of rotatable bonds is 1. The SMILES string of the molecule is N#CN1CCC[C@@]2(c3ccccc3)CC[C@H]1C2. The van der Waals surface area contributed by atoms with E-state index in [2.05, 4.69) is 36.5 Å². The van der Waals surface area contributed by atoms with Gasteiger partial charge >= 0.3 is 0 Å². The van der Waals surface area contributed by atoms with Gasteiger partial charge in [0.25, 0.3) is 0 Å². The third-order valence-electron chi connectivity index (χ3n) is 4.59. The molecule has 1 aromatic rings. The Morgan fingerprint density at radius 3 is 2.82 bits per heavy atom. The van der Waals surface area contributed by atoms with Crippen molar-refractivity contribution in [3.8, 4) is 6.19 Å². The molecule has 0 aromatic heterocycles. The minimum Gasteiger partial charge on any atom is -0.308 e. The molecule has 0 N–H and O–H groups in total. The van der Waals surface area contributed by atoms with E-state index in [-0.39, 0.29) is 0 Å². The zero-order chi connectivity index (χ0) is 11.7. The maximum atomic E-state index is 9.17. The van der Waals surface area contributed by atoms with Crippen LogP contribution in [-0.2, 0) is 5.41 Å². The molecule has 3 rings (SSSR count). The fraction of sp³-hybridized carbons (Fsp3) is 0.533. The third-order valence-corrected chi connectivity index (χ3v) is 4.59. The Morgan fingerprint density at radius 2 is 2.06 bits per heavy atom. The van der Waals surface area contributed by atoms with E-state index in [1.54, 1.807) is 0 Å². The fourth-order valence-corrected chi connectivity index (χ4v) is 3.69. The molecule has 1 heterocycles. The van der Waals surface area contributed by atoms with Gasteiger partial charge in [0, 0.05) is 12.6 Å². The van der Waals surface area contributed by atoms with E-state index in [9.17, 15) is 0 Å². The molecule has 1 saturated carbocycles. The summed E-state index contributed by atoms with van der Waals surface area (Å²) in [6.07, 6.45) is 8.37. The Labute approximate surface area is 103 Å². The molecule has 17 heavy (non-hydrogen) atoms. The summed E-state index contributed by atoms with van der Waals surface area (Å²) >= 11 is 0. The highest BCUT2D eigenvalue weighted by atomic mass is 15.2. The summed E-state index contributed by atoms with van der Waals surface area (Å²) in [6, 6.07) is 11.4. The lowest BCUT2D eigenvalue weighted by atomic mass is 9.75. The van der Waals surface area contributed by atoms with Crippen LogP contribution in [-0.4, -0.2) is 17.5 Å². The summed E-state index contributed by atoms with van der Waals surface area (Å²) in [5.41, 5.74) is 1.85. The van der Waals surface area contributed by atoms with Crippen LogP contribution in [0, 0.1) is 11.5 Å². The summed E-state index contributed by atoms with van der Waals surface area (Å²) in [5, 5.41) is 9.17. The van der Waals surface area contributed by atoms with Crippen LogP contribution in [0.15, 0.2) is 30.3 Å². The van der Waals surface area contributed by atoms with Crippen LogP contribution in [0.2, 0.25) is 0 Å². The Kier molecular flexibility index (Phi) is 2.55. The van der Waals surface area contributed by atoms with Crippen LogP contribution in [0.1, 0.15) is 37.7 Å². The van der Waals surface area contributed by atoms with E-state index >= 15 is 0 Å². The maximum absolute atomic E-state index is 9.17. The molecular formula is C15H18N2. The fourth-order valence-electron chi connectivity index (χ4n) is 3.69. The molecule has 88 valence electrons. The van der Waals surface area contributed by atoms with E-state index in [1.165, 1.54) is 31.2 Å². The van der Waals surface area contributed by atoms with Crippen LogP contribution in [0.5, 0.6) is 0 Å². The van der Waals surface area contributed by atoms with Gasteiger partial charge in [-0.05, 0) is 43.1 Å². The summed E-state index contributed by atoms with van der Waals surface area (Å²) in [6.45, 7) is 0.954. The van der Waals surface area contributed by atoms with E-state index in [4.69, 9.17) is 5.26 Å². The number of hydrogen-bond donors (Lipinski definition) is 0. The van der Waals surface area contributed by atoms with Crippen molar-refractivity contribution in [3.63, 3.8) is 0 Å². The molecule has 2 nitrogen and oxygen atoms in total. The normalized spacial score (nSPS) is 31.9. The zero-order valence-electron chi connectivity index (χ0n) is 10.1. The van der Waals surface area contributed by atoms with Crippen molar-refractivity contribution in [3.05, 3.63) is 35.9 Å². The lowest BCUT2D eigenvalue weighted by Gasteiger charge is -2.28.